The molecule has 1 atom stereocenters. The minimum absolute atomic E-state index is 0.0784. The number of nitrogens with zero attached hydrogens (tertiary/aromatic N) is 2. The first-order valence-electron chi connectivity index (χ1n) is 10.4. The number of imide groups is 1. The second kappa shape index (κ2) is 8.34. The van der Waals surface area contributed by atoms with Crippen molar-refractivity contribution in [2.45, 2.75) is 39.5 Å². The lowest BCUT2D eigenvalue weighted by atomic mass is 10.1. The van der Waals surface area contributed by atoms with Crippen molar-refractivity contribution in [2.75, 3.05) is 16.3 Å². The van der Waals surface area contributed by atoms with Gasteiger partial charge in [0.25, 0.3) is 0 Å². The summed E-state index contributed by atoms with van der Waals surface area (Å²) in [5, 5.41) is 0. The van der Waals surface area contributed by atoms with Gasteiger partial charge in [-0.05, 0) is 49.6 Å². The Kier molecular flexibility index (Phi) is 5.59. The highest BCUT2D eigenvalue weighted by Crippen LogP contribution is 2.31. The summed E-state index contributed by atoms with van der Waals surface area (Å²) in [5.41, 5.74) is 3.21. The second-order valence-electron chi connectivity index (χ2n) is 8.09. The Balaban J connectivity index is 1.48. The van der Waals surface area contributed by atoms with Crippen LogP contribution in [0.25, 0.3) is 0 Å². The molecule has 0 N–H and O–H groups in total. The maximum Gasteiger partial charge on any atom is 0.316 e. The van der Waals surface area contributed by atoms with Crippen LogP contribution in [0.2, 0.25) is 0 Å². The van der Waals surface area contributed by atoms with E-state index in [1.807, 2.05) is 32.0 Å². The average Bonchev–Trinajstić information content (AvgIpc) is 3.12. The summed E-state index contributed by atoms with van der Waals surface area (Å²) >= 11 is 0. The third kappa shape index (κ3) is 4.21. The first-order chi connectivity index (χ1) is 14.8. The minimum atomic E-state index is -0.589. The van der Waals surface area contributed by atoms with Crippen LogP contribution in [0, 0.1) is 19.8 Å². The van der Waals surface area contributed by atoms with E-state index in [4.69, 9.17) is 4.74 Å². The monoisotopic (exact) mass is 420 g/mol. The maximum atomic E-state index is 12.8. The van der Waals surface area contributed by atoms with Gasteiger partial charge in [-0.1, -0.05) is 18.2 Å². The third-order valence-corrected chi connectivity index (χ3v) is 5.69. The molecule has 31 heavy (non-hydrogen) atoms. The lowest BCUT2D eigenvalue weighted by Crippen LogP contribution is -2.40. The highest BCUT2D eigenvalue weighted by atomic mass is 16.5. The number of anilines is 2. The van der Waals surface area contributed by atoms with Crippen molar-refractivity contribution in [3.63, 3.8) is 0 Å². The molecule has 0 radical (unpaired) electrons. The van der Waals surface area contributed by atoms with Crippen molar-refractivity contribution in [2.24, 2.45) is 5.92 Å². The lowest BCUT2D eigenvalue weighted by molar-refractivity contribution is -0.139. The molecule has 2 saturated heterocycles. The molecule has 3 amide bonds. The molecule has 0 spiro atoms. The Morgan fingerprint density at radius 1 is 0.968 bits per heavy atom. The van der Waals surface area contributed by atoms with Gasteiger partial charge in [0.2, 0.25) is 17.7 Å². The molecule has 0 unspecified atom stereocenters. The van der Waals surface area contributed by atoms with Crippen LogP contribution >= 0.6 is 0 Å². The summed E-state index contributed by atoms with van der Waals surface area (Å²) in [6.45, 7) is 4.15. The summed E-state index contributed by atoms with van der Waals surface area (Å²) in [6, 6.07) is 12.3. The summed E-state index contributed by atoms with van der Waals surface area (Å²) in [5.74, 6) is -1.49. The first-order valence-corrected chi connectivity index (χ1v) is 10.4. The van der Waals surface area contributed by atoms with E-state index in [0.29, 0.717) is 24.9 Å². The number of amides is 3. The quantitative estimate of drug-likeness (QED) is 0.431. The normalized spacial score (nSPS) is 19.2. The molecule has 2 heterocycles. The van der Waals surface area contributed by atoms with E-state index in [-0.39, 0.29) is 36.4 Å². The molecular formula is C24H24N2O5. The Morgan fingerprint density at radius 3 is 2.45 bits per heavy atom. The second-order valence-corrected chi connectivity index (χ2v) is 8.09. The number of aryl methyl sites for hydroxylation is 2. The van der Waals surface area contributed by atoms with Crippen LogP contribution in [0.5, 0.6) is 5.75 Å². The topological polar surface area (TPSA) is 84.0 Å². The molecule has 2 fully saturated rings. The fourth-order valence-electron chi connectivity index (χ4n) is 4.04. The Hall–Kier alpha value is -3.48. The van der Waals surface area contributed by atoms with Gasteiger partial charge in [-0.2, -0.15) is 0 Å². The fraction of sp³-hybridized carbons (Fsp3) is 0.333. The zero-order valence-corrected chi connectivity index (χ0v) is 17.6. The molecule has 0 saturated carbocycles. The average molecular weight is 420 g/mol. The number of hydrogen-bond acceptors (Lipinski definition) is 5. The highest BCUT2D eigenvalue weighted by Gasteiger charge is 2.37. The van der Waals surface area contributed by atoms with Crippen LogP contribution in [-0.2, 0) is 19.2 Å². The summed E-state index contributed by atoms with van der Waals surface area (Å²) in [6.07, 6.45) is 1.26. The van der Waals surface area contributed by atoms with Gasteiger partial charge in [-0.3, -0.25) is 24.1 Å². The number of rotatable bonds is 4. The molecule has 2 aromatic rings. The van der Waals surface area contributed by atoms with E-state index in [2.05, 4.69) is 0 Å². The summed E-state index contributed by atoms with van der Waals surface area (Å²) < 4.78 is 5.52. The number of carbonyl (C=O) groups is 4. The van der Waals surface area contributed by atoms with Crippen molar-refractivity contribution >= 4 is 35.1 Å². The van der Waals surface area contributed by atoms with Crippen molar-refractivity contribution in [3.05, 3.63) is 53.6 Å². The number of hydrogen-bond donors (Lipinski definition) is 0. The van der Waals surface area contributed by atoms with Crippen molar-refractivity contribution < 1.29 is 23.9 Å². The van der Waals surface area contributed by atoms with E-state index >= 15 is 0 Å². The van der Waals surface area contributed by atoms with E-state index < -0.39 is 11.9 Å². The van der Waals surface area contributed by atoms with Gasteiger partial charge in [-0.25, -0.2) is 0 Å². The largest absolute Gasteiger partial charge is 0.426 e. The van der Waals surface area contributed by atoms with E-state index in [0.717, 1.165) is 21.7 Å². The van der Waals surface area contributed by atoms with Crippen LogP contribution in [-0.4, -0.2) is 30.2 Å². The van der Waals surface area contributed by atoms with Gasteiger partial charge in [0.15, 0.2) is 0 Å². The number of piperidine rings is 1. The number of esters is 1. The van der Waals surface area contributed by atoms with Crippen LogP contribution in [0.1, 0.15) is 36.8 Å². The van der Waals surface area contributed by atoms with Gasteiger partial charge in [-0.15, -0.1) is 0 Å². The van der Waals surface area contributed by atoms with Crippen LogP contribution in [0.15, 0.2) is 42.5 Å². The molecule has 0 aliphatic carbocycles. The smallest absolute Gasteiger partial charge is 0.316 e. The molecule has 4 rings (SSSR count). The van der Waals surface area contributed by atoms with Gasteiger partial charge < -0.3 is 9.64 Å². The van der Waals surface area contributed by atoms with Gasteiger partial charge in [0, 0.05) is 37.6 Å². The standard InChI is InChI=1S/C24H24N2O5/c1-15-9-10-16(2)20(11-15)25-14-17(12-23(25)29)24(30)31-19-6-3-5-18(13-19)26-21(27)7-4-8-22(26)28/h3,5-6,9-11,13,17H,4,7-8,12,14H2,1-2H3/t17-/m0/s1. The Bertz CT molecular complexity index is 1060. The van der Waals surface area contributed by atoms with Crippen LogP contribution in [0.4, 0.5) is 11.4 Å². The molecule has 160 valence electrons. The zero-order chi connectivity index (χ0) is 22.1. The first kappa shape index (κ1) is 20.8. The molecule has 2 aliphatic heterocycles. The molecular weight excluding hydrogens is 396 g/mol. The van der Waals surface area contributed by atoms with E-state index in [1.165, 1.54) is 6.07 Å². The zero-order valence-electron chi connectivity index (χ0n) is 17.6. The number of benzene rings is 2. The highest BCUT2D eigenvalue weighted by molar-refractivity contribution is 6.16. The van der Waals surface area contributed by atoms with E-state index in [1.54, 1.807) is 23.1 Å². The minimum Gasteiger partial charge on any atom is -0.426 e. The lowest BCUT2D eigenvalue weighted by Gasteiger charge is -2.25. The van der Waals surface area contributed by atoms with Crippen molar-refractivity contribution in [1.82, 2.24) is 0 Å². The molecule has 7 heteroatoms. The van der Waals surface area contributed by atoms with Crippen molar-refractivity contribution in [3.8, 4) is 5.75 Å². The van der Waals surface area contributed by atoms with Crippen LogP contribution in [0.3, 0.4) is 0 Å². The van der Waals surface area contributed by atoms with Gasteiger partial charge in [0.1, 0.15) is 5.75 Å². The van der Waals surface area contributed by atoms with Gasteiger partial charge >= 0.3 is 5.97 Å². The fourth-order valence-corrected chi connectivity index (χ4v) is 4.04. The maximum absolute atomic E-state index is 12.8. The molecule has 2 aliphatic rings. The Morgan fingerprint density at radius 2 is 1.71 bits per heavy atom. The molecule has 0 bridgehead atoms. The predicted molar refractivity (Wildman–Crippen MR) is 115 cm³/mol. The Labute approximate surface area is 180 Å². The summed E-state index contributed by atoms with van der Waals surface area (Å²) in [4.78, 5) is 52.4. The molecule has 2 aromatic carbocycles. The summed E-state index contributed by atoms with van der Waals surface area (Å²) in [7, 11) is 0. The van der Waals surface area contributed by atoms with Crippen molar-refractivity contribution in [1.29, 1.82) is 0 Å². The number of carbonyl (C=O) groups excluding carboxylic acids is 4. The van der Waals surface area contributed by atoms with Crippen LogP contribution < -0.4 is 14.5 Å². The SMILES string of the molecule is Cc1ccc(C)c(N2C[C@@H](C(=O)Oc3cccc(N4C(=O)CCCC4=O)c3)CC2=O)c1. The number of ether oxygens (including phenoxy) is 1. The molecule has 0 aromatic heterocycles. The van der Waals surface area contributed by atoms with E-state index in [9.17, 15) is 19.2 Å². The third-order valence-electron chi connectivity index (χ3n) is 5.69. The van der Waals surface area contributed by atoms with Gasteiger partial charge in [0.05, 0.1) is 11.6 Å². The predicted octanol–water partition coefficient (Wildman–Crippen LogP) is 3.31. The molecule has 7 nitrogen and oxygen atoms in total.